The molecule has 1 heterocycles. The van der Waals surface area contributed by atoms with E-state index >= 15 is 0 Å². The zero-order valence-corrected chi connectivity index (χ0v) is 11.1. The van der Waals surface area contributed by atoms with Gasteiger partial charge in [-0.15, -0.1) is 0 Å². The zero-order valence-electron chi connectivity index (χ0n) is 10.3. The molecule has 0 aliphatic heterocycles. The summed E-state index contributed by atoms with van der Waals surface area (Å²) in [5.41, 5.74) is 7.76. The normalized spacial score (nSPS) is 11.2. The number of hydrogen-bond acceptors (Lipinski definition) is 3. The molecule has 0 atom stereocenters. The second-order valence-corrected chi connectivity index (χ2v) is 4.80. The summed E-state index contributed by atoms with van der Waals surface area (Å²) in [6, 6.07) is 9.35. The first-order chi connectivity index (χ1) is 9.60. The second kappa shape index (κ2) is 4.77. The molecule has 0 aliphatic carbocycles. The van der Waals surface area contributed by atoms with E-state index in [9.17, 15) is 9.50 Å². The van der Waals surface area contributed by atoms with Gasteiger partial charge in [0.2, 0.25) is 0 Å². The van der Waals surface area contributed by atoms with E-state index in [1.807, 2.05) is 0 Å². The number of hydrogen-bond donors (Lipinski definition) is 2. The molecule has 3 aromatic rings. The van der Waals surface area contributed by atoms with Crippen LogP contribution in [0.5, 0.6) is 0 Å². The van der Waals surface area contributed by atoms with Crippen molar-refractivity contribution in [3.05, 3.63) is 53.1 Å². The number of halogens is 2. The van der Waals surface area contributed by atoms with Crippen molar-refractivity contribution in [1.29, 1.82) is 0 Å². The maximum Gasteiger partial charge on any atom is 0.147 e. The Morgan fingerprint density at radius 3 is 2.80 bits per heavy atom. The molecule has 0 spiro atoms. The van der Waals surface area contributed by atoms with Gasteiger partial charge >= 0.3 is 0 Å². The molecule has 3 rings (SSSR count). The maximum atomic E-state index is 14.0. The van der Waals surface area contributed by atoms with E-state index in [0.717, 1.165) is 0 Å². The van der Waals surface area contributed by atoms with Crippen molar-refractivity contribution in [3.63, 3.8) is 0 Å². The van der Waals surface area contributed by atoms with Crippen LogP contribution in [0.3, 0.4) is 0 Å². The molecule has 0 fully saturated rings. The average molecular weight is 292 g/mol. The van der Waals surface area contributed by atoms with Crippen LogP contribution in [0.15, 0.2) is 36.4 Å². The molecule has 6 heteroatoms. The van der Waals surface area contributed by atoms with Crippen LogP contribution in [0.1, 0.15) is 5.82 Å². The Labute approximate surface area is 119 Å². The number of nitrogens with zero attached hydrogens (tertiary/aromatic N) is 2. The van der Waals surface area contributed by atoms with Crippen LogP contribution >= 0.6 is 11.6 Å². The molecule has 0 unspecified atom stereocenters. The summed E-state index contributed by atoms with van der Waals surface area (Å²) in [4.78, 5) is 4.26. The Bertz CT molecular complexity index is 800. The van der Waals surface area contributed by atoms with E-state index in [1.165, 1.54) is 22.8 Å². The highest BCUT2D eigenvalue weighted by molar-refractivity contribution is 6.30. The minimum absolute atomic E-state index is 0.244. The number of nitrogen functional groups attached to an aromatic ring is 1. The minimum atomic E-state index is -0.444. The lowest BCUT2D eigenvalue weighted by molar-refractivity contribution is 0.270. The molecular formula is C14H11ClFN3O. The number of aromatic nitrogens is 2. The van der Waals surface area contributed by atoms with Crippen LogP contribution in [0.4, 0.5) is 10.1 Å². The molecule has 0 aliphatic rings. The smallest absolute Gasteiger partial charge is 0.147 e. The van der Waals surface area contributed by atoms with Gasteiger partial charge in [-0.3, -0.25) is 4.57 Å². The number of aliphatic hydroxyl groups excluding tert-OH is 1. The van der Waals surface area contributed by atoms with Crippen molar-refractivity contribution in [1.82, 2.24) is 9.55 Å². The monoisotopic (exact) mass is 291 g/mol. The van der Waals surface area contributed by atoms with E-state index in [4.69, 9.17) is 17.3 Å². The lowest BCUT2D eigenvalue weighted by Crippen LogP contribution is -2.03. The first kappa shape index (κ1) is 12.9. The summed E-state index contributed by atoms with van der Waals surface area (Å²) in [7, 11) is 0. The standard InChI is InChI=1S/C14H11ClFN3O/c15-8-1-3-10(16)13(5-8)19-12-4-2-9(17)6-11(12)18-14(19)7-20/h1-6,20H,7,17H2. The predicted octanol–water partition coefficient (Wildman–Crippen LogP) is 2.89. The van der Waals surface area contributed by atoms with Crippen molar-refractivity contribution >= 4 is 28.3 Å². The summed E-state index contributed by atoms with van der Waals surface area (Å²) in [6.45, 7) is -0.319. The molecule has 1 aromatic heterocycles. The van der Waals surface area contributed by atoms with E-state index in [1.54, 1.807) is 18.2 Å². The van der Waals surface area contributed by atoms with E-state index in [0.29, 0.717) is 27.6 Å². The van der Waals surface area contributed by atoms with Crippen LogP contribution in [0, 0.1) is 5.82 Å². The Balaban J connectivity index is 2.37. The number of anilines is 1. The Kier molecular flexibility index (Phi) is 3.08. The molecular weight excluding hydrogens is 281 g/mol. The number of imidazole rings is 1. The van der Waals surface area contributed by atoms with Crippen molar-refractivity contribution in [2.75, 3.05) is 5.73 Å². The quantitative estimate of drug-likeness (QED) is 0.714. The van der Waals surface area contributed by atoms with Gasteiger partial charge in [-0.05, 0) is 36.4 Å². The second-order valence-electron chi connectivity index (χ2n) is 4.37. The largest absolute Gasteiger partial charge is 0.399 e. The molecule has 0 amide bonds. The third-order valence-electron chi connectivity index (χ3n) is 3.04. The van der Waals surface area contributed by atoms with Crippen molar-refractivity contribution < 1.29 is 9.50 Å². The topological polar surface area (TPSA) is 64.1 Å². The Morgan fingerprint density at radius 1 is 1.25 bits per heavy atom. The third kappa shape index (κ3) is 2.01. The molecule has 0 bridgehead atoms. The van der Waals surface area contributed by atoms with Crippen LogP contribution in [-0.4, -0.2) is 14.7 Å². The lowest BCUT2D eigenvalue weighted by atomic mass is 10.2. The van der Waals surface area contributed by atoms with Gasteiger partial charge in [-0.2, -0.15) is 0 Å². The van der Waals surface area contributed by atoms with Crippen molar-refractivity contribution in [3.8, 4) is 5.69 Å². The van der Waals surface area contributed by atoms with Gasteiger partial charge in [0, 0.05) is 10.7 Å². The summed E-state index contributed by atoms with van der Waals surface area (Å²) in [6.07, 6.45) is 0. The van der Waals surface area contributed by atoms with Gasteiger partial charge in [-0.1, -0.05) is 11.6 Å². The fourth-order valence-electron chi connectivity index (χ4n) is 2.18. The van der Waals surface area contributed by atoms with Crippen molar-refractivity contribution in [2.45, 2.75) is 6.61 Å². The number of fused-ring (bicyclic) bond motifs is 1. The van der Waals surface area contributed by atoms with Crippen LogP contribution in [0.25, 0.3) is 16.7 Å². The highest BCUT2D eigenvalue weighted by atomic mass is 35.5. The van der Waals surface area contributed by atoms with Crippen LogP contribution in [0.2, 0.25) is 5.02 Å². The van der Waals surface area contributed by atoms with Gasteiger partial charge in [0.15, 0.2) is 0 Å². The molecule has 0 radical (unpaired) electrons. The third-order valence-corrected chi connectivity index (χ3v) is 3.27. The minimum Gasteiger partial charge on any atom is -0.399 e. The van der Waals surface area contributed by atoms with Crippen molar-refractivity contribution in [2.24, 2.45) is 0 Å². The Hall–Kier alpha value is -2.11. The van der Waals surface area contributed by atoms with Gasteiger partial charge in [0.1, 0.15) is 18.2 Å². The van der Waals surface area contributed by atoms with Gasteiger partial charge in [0.25, 0.3) is 0 Å². The molecule has 2 aromatic carbocycles. The zero-order chi connectivity index (χ0) is 14.3. The number of aliphatic hydroxyl groups is 1. The first-order valence-electron chi connectivity index (χ1n) is 5.93. The highest BCUT2D eigenvalue weighted by Gasteiger charge is 2.15. The first-order valence-corrected chi connectivity index (χ1v) is 6.31. The summed E-state index contributed by atoms with van der Waals surface area (Å²) in [5, 5.41) is 9.85. The number of benzene rings is 2. The fourth-order valence-corrected chi connectivity index (χ4v) is 2.35. The molecule has 3 N–H and O–H groups in total. The van der Waals surface area contributed by atoms with Gasteiger partial charge in [0.05, 0.1) is 16.7 Å². The molecule has 20 heavy (non-hydrogen) atoms. The van der Waals surface area contributed by atoms with E-state index in [-0.39, 0.29) is 12.3 Å². The van der Waals surface area contributed by atoms with Gasteiger partial charge < -0.3 is 10.8 Å². The molecule has 0 saturated carbocycles. The molecule has 0 saturated heterocycles. The maximum absolute atomic E-state index is 14.0. The number of rotatable bonds is 2. The average Bonchev–Trinajstić information content (AvgIpc) is 2.78. The Morgan fingerprint density at radius 2 is 2.05 bits per heavy atom. The summed E-state index contributed by atoms with van der Waals surface area (Å²) < 4.78 is 15.6. The van der Waals surface area contributed by atoms with E-state index < -0.39 is 5.82 Å². The van der Waals surface area contributed by atoms with E-state index in [2.05, 4.69) is 4.98 Å². The van der Waals surface area contributed by atoms with Crippen LogP contribution in [-0.2, 0) is 6.61 Å². The van der Waals surface area contributed by atoms with Gasteiger partial charge in [-0.25, -0.2) is 9.37 Å². The predicted molar refractivity (Wildman–Crippen MR) is 76.4 cm³/mol. The SMILES string of the molecule is Nc1ccc2c(c1)nc(CO)n2-c1cc(Cl)ccc1F. The molecule has 4 nitrogen and oxygen atoms in total. The lowest BCUT2D eigenvalue weighted by Gasteiger charge is -2.09. The molecule has 102 valence electrons. The van der Waals surface area contributed by atoms with Crippen LogP contribution < -0.4 is 5.73 Å². The summed E-state index contributed by atoms with van der Waals surface area (Å²) >= 11 is 5.92. The fraction of sp³-hybridized carbons (Fsp3) is 0.0714. The highest BCUT2D eigenvalue weighted by Crippen LogP contribution is 2.26. The summed E-state index contributed by atoms with van der Waals surface area (Å²) in [5.74, 6) is -0.119. The number of nitrogens with two attached hydrogens (primary N) is 1.